The van der Waals surface area contributed by atoms with Crippen LogP contribution in [0.25, 0.3) is 0 Å². The Morgan fingerprint density at radius 2 is 1.62 bits per heavy atom. The van der Waals surface area contributed by atoms with E-state index in [2.05, 4.69) is 24.3 Å². The molecule has 0 radical (unpaired) electrons. The molecule has 140 valence electrons. The average Bonchev–Trinajstić information content (AvgIpc) is 2.68. The van der Waals surface area contributed by atoms with Crippen LogP contribution in [0.2, 0.25) is 0 Å². The Morgan fingerprint density at radius 1 is 1.00 bits per heavy atom. The average molecular weight is 374 g/mol. The van der Waals surface area contributed by atoms with Crippen LogP contribution in [0.3, 0.4) is 0 Å². The lowest BCUT2D eigenvalue weighted by Crippen LogP contribution is -2.45. The van der Waals surface area contributed by atoms with Crippen LogP contribution in [0.15, 0.2) is 59.5 Å². The van der Waals surface area contributed by atoms with Gasteiger partial charge in [0.2, 0.25) is 10.0 Å². The summed E-state index contributed by atoms with van der Waals surface area (Å²) in [6.07, 6.45) is 2.53. The van der Waals surface area contributed by atoms with Crippen molar-refractivity contribution in [3.8, 4) is 0 Å². The second-order valence-corrected chi connectivity index (χ2v) is 9.04. The van der Waals surface area contributed by atoms with Gasteiger partial charge >= 0.3 is 0 Å². The molecule has 1 heterocycles. The number of rotatable bonds is 6. The summed E-state index contributed by atoms with van der Waals surface area (Å²) in [6, 6.07) is 17.5. The summed E-state index contributed by atoms with van der Waals surface area (Å²) in [7, 11) is -1.71. The maximum Gasteiger partial charge on any atom is 0.243 e. The van der Waals surface area contributed by atoms with Gasteiger partial charge in [-0.15, -0.1) is 0 Å². The standard InChI is InChI=1S/C21H27NO3S/c1-18-8-10-20(11-9-18)26(23,24)22-15-12-21(13-16-22,14-17-25-2)19-6-4-3-5-7-19/h3-11H,12-17H2,1-2H3. The van der Waals surface area contributed by atoms with Gasteiger partial charge in [-0.05, 0) is 49.3 Å². The Hall–Kier alpha value is -1.69. The number of benzene rings is 2. The van der Waals surface area contributed by atoms with Crippen LogP contribution >= 0.6 is 0 Å². The van der Waals surface area contributed by atoms with Crippen LogP contribution in [0.5, 0.6) is 0 Å². The number of methoxy groups -OCH3 is 1. The molecule has 26 heavy (non-hydrogen) atoms. The molecule has 0 spiro atoms. The minimum absolute atomic E-state index is 0.0173. The molecule has 0 N–H and O–H groups in total. The zero-order valence-corrected chi connectivity index (χ0v) is 16.3. The van der Waals surface area contributed by atoms with Crippen LogP contribution in [0, 0.1) is 6.92 Å². The lowest BCUT2D eigenvalue weighted by Gasteiger charge is -2.42. The molecule has 0 aromatic heterocycles. The first-order chi connectivity index (χ1) is 12.5. The minimum atomic E-state index is -3.43. The Morgan fingerprint density at radius 3 is 2.19 bits per heavy atom. The molecule has 4 nitrogen and oxygen atoms in total. The van der Waals surface area contributed by atoms with E-state index in [1.165, 1.54) is 5.56 Å². The quantitative estimate of drug-likeness (QED) is 0.775. The first-order valence-electron chi connectivity index (χ1n) is 9.09. The summed E-state index contributed by atoms with van der Waals surface area (Å²) in [5.74, 6) is 0. The molecule has 1 aliphatic rings. The van der Waals surface area contributed by atoms with Gasteiger partial charge < -0.3 is 4.74 Å². The summed E-state index contributed by atoms with van der Waals surface area (Å²) in [5, 5.41) is 0. The molecule has 5 heteroatoms. The van der Waals surface area contributed by atoms with E-state index in [0.29, 0.717) is 24.6 Å². The second kappa shape index (κ2) is 7.91. The molecule has 0 bridgehead atoms. The van der Waals surface area contributed by atoms with Crippen molar-refractivity contribution in [2.75, 3.05) is 26.8 Å². The molecular formula is C21H27NO3S. The number of ether oxygens (including phenoxy) is 1. The van der Waals surface area contributed by atoms with Gasteiger partial charge in [0.25, 0.3) is 0 Å². The molecule has 2 aromatic carbocycles. The zero-order chi connectivity index (χ0) is 18.6. The zero-order valence-electron chi connectivity index (χ0n) is 15.5. The van der Waals surface area contributed by atoms with E-state index in [1.54, 1.807) is 23.5 Å². The number of nitrogens with zero attached hydrogens (tertiary/aromatic N) is 1. The highest BCUT2D eigenvalue weighted by Crippen LogP contribution is 2.39. The van der Waals surface area contributed by atoms with Crippen molar-refractivity contribution in [3.63, 3.8) is 0 Å². The Labute approximate surface area is 156 Å². The van der Waals surface area contributed by atoms with Crippen LogP contribution in [-0.4, -0.2) is 39.5 Å². The Bertz CT molecular complexity index is 808. The minimum Gasteiger partial charge on any atom is -0.385 e. The predicted molar refractivity (Wildman–Crippen MR) is 104 cm³/mol. The van der Waals surface area contributed by atoms with E-state index >= 15 is 0 Å². The smallest absolute Gasteiger partial charge is 0.243 e. The maximum atomic E-state index is 13.0. The molecule has 1 saturated heterocycles. The number of piperidine rings is 1. The van der Waals surface area contributed by atoms with E-state index in [4.69, 9.17) is 4.74 Å². The number of sulfonamides is 1. The van der Waals surface area contributed by atoms with Gasteiger partial charge in [-0.2, -0.15) is 4.31 Å². The molecule has 0 unspecified atom stereocenters. The van der Waals surface area contributed by atoms with Gasteiger partial charge in [-0.3, -0.25) is 0 Å². The molecule has 1 fully saturated rings. The largest absolute Gasteiger partial charge is 0.385 e. The fourth-order valence-corrected chi connectivity index (χ4v) is 5.23. The van der Waals surface area contributed by atoms with Gasteiger partial charge in [-0.1, -0.05) is 48.0 Å². The van der Waals surface area contributed by atoms with Crippen LogP contribution in [0.4, 0.5) is 0 Å². The molecule has 0 amide bonds. The normalized spacial score (nSPS) is 17.9. The molecule has 2 aromatic rings. The summed E-state index contributed by atoms with van der Waals surface area (Å²) in [4.78, 5) is 0.382. The molecule has 3 rings (SSSR count). The van der Waals surface area contributed by atoms with Crippen molar-refractivity contribution in [2.45, 2.75) is 36.5 Å². The van der Waals surface area contributed by atoms with E-state index < -0.39 is 10.0 Å². The number of aryl methyl sites for hydroxylation is 1. The molecule has 1 aliphatic heterocycles. The Kier molecular flexibility index (Phi) is 5.80. The van der Waals surface area contributed by atoms with E-state index in [0.717, 1.165) is 24.8 Å². The van der Waals surface area contributed by atoms with Gasteiger partial charge in [0.1, 0.15) is 0 Å². The van der Waals surface area contributed by atoms with E-state index in [9.17, 15) is 8.42 Å². The van der Waals surface area contributed by atoms with Crippen molar-refractivity contribution < 1.29 is 13.2 Å². The number of hydrogen-bond donors (Lipinski definition) is 0. The van der Waals surface area contributed by atoms with Crippen molar-refractivity contribution in [2.24, 2.45) is 0 Å². The lowest BCUT2D eigenvalue weighted by atomic mass is 9.71. The van der Waals surface area contributed by atoms with E-state index in [1.807, 2.05) is 25.1 Å². The summed E-state index contributed by atoms with van der Waals surface area (Å²) in [5.41, 5.74) is 2.33. The van der Waals surface area contributed by atoms with Crippen LogP contribution in [-0.2, 0) is 20.2 Å². The first kappa shape index (κ1) is 19.1. The molecule has 0 aliphatic carbocycles. The summed E-state index contributed by atoms with van der Waals surface area (Å²) < 4.78 is 32.9. The molecular weight excluding hydrogens is 346 g/mol. The van der Waals surface area contributed by atoms with Gasteiger partial charge in [0.05, 0.1) is 4.90 Å². The SMILES string of the molecule is COCCC1(c2ccccc2)CCN(S(=O)(=O)c2ccc(C)cc2)CC1. The first-order valence-corrected chi connectivity index (χ1v) is 10.5. The molecule has 0 saturated carbocycles. The molecule has 0 atom stereocenters. The highest BCUT2D eigenvalue weighted by atomic mass is 32.2. The van der Waals surface area contributed by atoms with Crippen molar-refractivity contribution in [1.29, 1.82) is 0 Å². The summed E-state index contributed by atoms with van der Waals surface area (Å²) >= 11 is 0. The van der Waals surface area contributed by atoms with Crippen LogP contribution in [0.1, 0.15) is 30.4 Å². The topological polar surface area (TPSA) is 46.6 Å². The lowest BCUT2D eigenvalue weighted by molar-refractivity contribution is 0.138. The van der Waals surface area contributed by atoms with Crippen molar-refractivity contribution >= 4 is 10.0 Å². The monoisotopic (exact) mass is 373 g/mol. The maximum absolute atomic E-state index is 13.0. The Balaban J connectivity index is 1.80. The third-order valence-electron chi connectivity index (χ3n) is 5.51. The predicted octanol–water partition coefficient (Wildman–Crippen LogP) is 3.75. The van der Waals surface area contributed by atoms with Gasteiger partial charge in [-0.25, -0.2) is 8.42 Å². The van der Waals surface area contributed by atoms with Crippen molar-refractivity contribution in [1.82, 2.24) is 4.31 Å². The van der Waals surface area contributed by atoms with Gasteiger partial charge in [0, 0.05) is 26.8 Å². The second-order valence-electron chi connectivity index (χ2n) is 7.11. The van der Waals surface area contributed by atoms with Crippen LogP contribution < -0.4 is 0 Å². The number of hydrogen-bond acceptors (Lipinski definition) is 3. The highest BCUT2D eigenvalue weighted by Gasteiger charge is 2.39. The fraction of sp³-hybridized carbons (Fsp3) is 0.429. The highest BCUT2D eigenvalue weighted by molar-refractivity contribution is 7.89. The fourth-order valence-electron chi connectivity index (χ4n) is 3.79. The van der Waals surface area contributed by atoms with E-state index in [-0.39, 0.29) is 5.41 Å². The van der Waals surface area contributed by atoms with Gasteiger partial charge in [0.15, 0.2) is 0 Å². The van der Waals surface area contributed by atoms with Crippen molar-refractivity contribution in [3.05, 3.63) is 65.7 Å². The third kappa shape index (κ3) is 3.85. The third-order valence-corrected chi connectivity index (χ3v) is 7.42. The summed E-state index contributed by atoms with van der Waals surface area (Å²) in [6.45, 7) is 3.71.